The van der Waals surface area contributed by atoms with Crippen LogP contribution in [0.1, 0.15) is 6.42 Å². The molecule has 0 atom stereocenters. The number of nitrogens with zero attached hydrogens (tertiary/aromatic N) is 3. The molecular formula is C23H32N4O4S. The molecule has 0 saturated carbocycles. The van der Waals surface area contributed by atoms with Crippen LogP contribution in [0.15, 0.2) is 54.6 Å². The standard InChI is InChI=1S/C23H32N4O4S/c1-25-15-17-26(18-16-25)14-6-13-24-23(28)19-27(32(2,29)30)20-9-11-22(12-10-20)31-21-7-4-3-5-8-21/h3-5,7-12H,6,13-19H2,1-2H3,(H,24,28). The number of hydrogen-bond acceptors (Lipinski definition) is 6. The molecule has 0 aromatic heterocycles. The second-order valence-electron chi connectivity index (χ2n) is 8.03. The summed E-state index contributed by atoms with van der Waals surface area (Å²) in [5, 5.41) is 2.84. The average molecular weight is 461 g/mol. The highest BCUT2D eigenvalue weighted by Crippen LogP contribution is 2.25. The van der Waals surface area contributed by atoms with Crippen molar-refractivity contribution < 1.29 is 17.9 Å². The molecule has 9 heteroatoms. The van der Waals surface area contributed by atoms with E-state index in [0.29, 0.717) is 23.7 Å². The second-order valence-corrected chi connectivity index (χ2v) is 9.93. The Morgan fingerprint density at radius 1 is 1.00 bits per heavy atom. The first kappa shape index (κ1) is 24.0. The number of anilines is 1. The van der Waals surface area contributed by atoms with E-state index in [-0.39, 0.29) is 12.5 Å². The number of carbonyl (C=O) groups is 1. The van der Waals surface area contributed by atoms with E-state index in [9.17, 15) is 13.2 Å². The summed E-state index contributed by atoms with van der Waals surface area (Å²) in [7, 11) is -1.50. The third kappa shape index (κ3) is 7.51. The maximum Gasteiger partial charge on any atom is 0.240 e. The minimum absolute atomic E-state index is 0.258. The van der Waals surface area contributed by atoms with Crippen molar-refractivity contribution in [3.05, 3.63) is 54.6 Å². The molecule has 3 rings (SSSR count). The molecule has 1 fully saturated rings. The summed E-state index contributed by atoms with van der Waals surface area (Å²) >= 11 is 0. The summed E-state index contributed by atoms with van der Waals surface area (Å²) in [6.07, 6.45) is 1.93. The summed E-state index contributed by atoms with van der Waals surface area (Å²) < 4.78 is 31.5. The number of nitrogens with one attached hydrogen (secondary N) is 1. The largest absolute Gasteiger partial charge is 0.457 e. The molecule has 0 spiro atoms. The molecule has 1 aliphatic heterocycles. The van der Waals surface area contributed by atoms with Crippen LogP contribution in [0, 0.1) is 0 Å². The molecular weight excluding hydrogens is 428 g/mol. The van der Waals surface area contributed by atoms with Gasteiger partial charge in [-0.25, -0.2) is 8.42 Å². The van der Waals surface area contributed by atoms with E-state index in [2.05, 4.69) is 22.2 Å². The first-order chi connectivity index (χ1) is 15.3. The van der Waals surface area contributed by atoms with Crippen molar-refractivity contribution in [2.24, 2.45) is 0 Å². The van der Waals surface area contributed by atoms with Gasteiger partial charge in [0, 0.05) is 32.7 Å². The van der Waals surface area contributed by atoms with Crippen molar-refractivity contribution in [3.8, 4) is 11.5 Å². The Morgan fingerprint density at radius 3 is 2.25 bits per heavy atom. The number of carbonyl (C=O) groups excluding carboxylic acids is 1. The SMILES string of the molecule is CN1CCN(CCCNC(=O)CN(c2ccc(Oc3ccccc3)cc2)S(C)(=O)=O)CC1. The number of amides is 1. The van der Waals surface area contributed by atoms with Gasteiger partial charge in [0.1, 0.15) is 18.0 Å². The highest BCUT2D eigenvalue weighted by atomic mass is 32.2. The summed E-state index contributed by atoms with van der Waals surface area (Å²) in [5.74, 6) is 0.955. The number of likely N-dealkylation sites (N-methyl/N-ethyl adjacent to an activating group) is 1. The van der Waals surface area contributed by atoms with Crippen molar-refractivity contribution in [3.63, 3.8) is 0 Å². The first-order valence-corrected chi connectivity index (χ1v) is 12.6. The lowest BCUT2D eigenvalue weighted by Crippen LogP contribution is -2.45. The fourth-order valence-corrected chi connectivity index (χ4v) is 4.35. The number of sulfonamides is 1. The van der Waals surface area contributed by atoms with Gasteiger partial charge in [-0.3, -0.25) is 9.10 Å². The van der Waals surface area contributed by atoms with Crippen LogP contribution in [-0.4, -0.2) is 83.2 Å². The smallest absolute Gasteiger partial charge is 0.240 e. The molecule has 2 aromatic carbocycles. The highest BCUT2D eigenvalue weighted by Gasteiger charge is 2.21. The number of ether oxygens (including phenoxy) is 1. The molecule has 1 N–H and O–H groups in total. The average Bonchev–Trinajstić information content (AvgIpc) is 2.77. The van der Waals surface area contributed by atoms with Gasteiger partial charge in [-0.05, 0) is 56.4 Å². The van der Waals surface area contributed by atoms with Crippen LogP contribution in [0.3, 0.4) is 0 Å². The molecule has 1 saturated heterocycles. The van der Waals surface area contributed by atoms with Crippen LogP contribution in [0.25, 0.3) is 0 Å². The van der Waals surface area contributed by atoms with Gasteiger partial charge in [-0.15, -0.1) is 0 Å². The Balaban J connectivity index is 1.50. The van der Waals surface area contributed by atoms with Gasteiger partial charge in [-0.2, -0.15) is 0 Å². The summed E-state index contributed by atoms with van der Waals surface area (Å²) in [4.78, 5) is 17.1. The van der Waals surface area contributed by atoms with Crippen molar-refractivity contribution in [1.82, 2.24) is 15.1 Å². The molecule has 1 aliphatic rings. The van der Waals surface area contributed by atoms with Gasteiger partial charge in [0.25, 0.3) is 0 Å². The Morgan fingerprint density at radius 2 is 1.62 bits per heavy atom. The molecule has 32 heavy (non-hydrogen) atoms. The summed E-state index contributed by atoms with van der Waals surface area (Å²) in [6, 6.07) is 16.0. The molecule has 0 bridgehead atoms. The number of benzene rings is 2. The second kappa shape index (κ2) is 11.3. The highest BCUT2D eigenvalue weighted by molar-refractivity contribution is 7.92. The van der Waals surface area contributed by atoms with Gasteiger partial charge < -0.3 is 19.9 Å². The fourth-order valence-electron chi connectivity index (χ4n) is 3.49. The summed E-state index contributed by atoms with van der Waals surface area (Å²) in [5.41, 5.74) is 0.417. The van der Waals surface area contributed by atoms with Crippen LogP contribution in [0.4, 0.5) is 5.69 Å². The fraction of sp³-hybridized carbons (Fsp3) is 0.435. The molecule has 174 valence electrons. The lowest BCUT2D eigenvalue weighted by Gasteiger charge is -2.32. The third-order valence-electron chi connectivity index (χ3n) is 5.36. The lowest BCUT2D eigenvalue weighted by molar-refractivity contribution is -0.119. The zero-order chi connectivity index (χ0) is 23.0. The van der Waals surface area contributed by atoms with E-state index in [1.807, 2.05) is 30.3 Å². The van der Waals surface area contributed by atoms with E-state index >= 15 is 0 Å². The first-order valence-electron chi connectivity index (χ1n) is 10.8. The van der Waals surface area contributed by atoms with Crippen molar-refractivity contribution in [2.75, 3.05) is 63.4 Å². The van der Waals surface area contributed by atoms with Crippen LogP contribution >= 0.6 is 0 Å². The van der Waals surface area contributed by atoms with Gasteiger partial charge in [0.15, 0.2) is 0 Å². The van der Waals surface area contributed by atoms with Gasteiger partial charge in [-0.1, -0.05) is 18.2 Å². The predicted molar refractivity (Wildman–Crippen MR) is 127 cm³/mol. The molecule has 0 unspecified atom stereocenters. The van der Waals surface area contributed by atoms with Gasteiger partial charge in [0.05, 0.1) is 11.9 Å². The van der Waals surface area contributed by atoms with Gasteiger partial charge in [0.2, 0.25) is 15.9 Å². The Bertz CT molecular complexity index is 959. The third-order valence-corrected chi connectivity index (χ3v) is 6.50. The quantitative estimate of drug-likeness (QED) is 0.546. The molecule has 1 heterocycles. The van der Waals surface area contributed by atoms with Crippen LogP contribution in [0.2, 0.25) is 0 Å². The van der Waals surface area contributed by atoms with E-state index in [4.69, 9.17) is 4.74 Å². The maximum absolute atomic E-state index is 12.4. The van der Waals surface area contributed by atoms with Crippen LogP contribution < -0.4 is 14.4 Å². The van der Waals surface area contributed by atoms with E-state index in [0.717, 1.165) is 49.7 Å². The Kier molecular flexibility index (Phi) is 8.49. The zero-order valence-corrected chi connectivity index (χ0v) is 19.6. The normalized spacial score (nSPS) is 15.3. The number of hydrogen-bond donors (Lipinski definition) is 1. The van der Waals surface area contributed by atoms with E-state index in [1.165, 1.54) is 0 Å². The molecule has 0 aliphatic carbocycles. The zero-order valence-electron chi connectivity index (χ0n) is 18.7. The molecule has 0 radical (unpaired) electrons. The minimum Gasteiger partial charge on any atom is -0.457 e. The molecule has 1 amide bonds. The number of piperazine rings is 1. The van der Waals surface area contributed by atoms with E-state index < -0.39 is 10.0 Å². The molecule has 2 aromatic rings. The van der Waals surface area contributed by atoms with E-state index in [1.54, 1.807) is 24.3 Å². The summed E-state index contributed by atoms with van der Waals surface area (Å²) in [6.45, 7) is 5.38. The van der Waals surface area contributed by atoms with Crippen molar-refractivity contribution >= 4 is 21.6 Å². The number of rotatable bonds is 10. The minimum atomic E-state index is -3.62. The molecule has 8 nitrogen and oxygen atoms in total. The predicted octanol–water partition coefficient (Wildman–Crippen LogP) is 2.00. The lowest BCUT2D eigenvalue weighted by atomic mass is 10.3. The number of para-hydroxylation sites is 1. The van der Waals surface area contributed by atoms with Gasteiger partial charge >= 0.3 is 0 Å². The topological polar surface area (TPSA) is 82.2 Å². The van der Waals surface area contributed by atoms with Crippen molar-refractivity contribution in [2.45, 2.75) is 6.42 Å². The van der Waals surface area contributed by atoms with Crippen LogP contribution in [0.5, 0.6) is 11.5 Å². The Labute approximate surface area is 190 Å². The Hall–Kier alpha value is -2.62. The monoisotopic (exact) mass is 460 g/mol. The maximum atomic E-state index is 12.4. The van der Waals surface area contributed by atoms with Crippen molar-refractivity contribution in [1.29, 1.82) is 0 Å². The van der Waals surface area contributed by atoms with Crippen LogP contribution in [-0.2, 0) is 14.8 Å².